The Morgan fingerprint density at radius 3 is 1.57 bits per heavy atom. The van der Waals surface area contributed by atoms with Crippen LogP contribution in [0.3, 0.4) is 0 Å². The third-order valence-corrected chi connectivity index (χ3v) is 18.2. The topological polar surface area (TPSA) is 25.8 Å². The van der Waals surface area contributed by atoms with Crippen LogP contribution < -0.4 is 21.2 Å². The maximum atomic E-state index is 5.19. The quantitative estimate of drug-likeness (QED) is 0.167. The van der Waals surface area contributed by atoms with Gasteiger partial charge in [-0.25, -0.2) is 0 Å². The van der Waals surface area contributed by atoms with Gasteiger partial charge in [0, 0.05) is 0 Å². The third-order valence-electron chi connectivity index (χ3n) is 7.40. The zero-order valence-corrected chi connectivity index (χ0v) is 26.0. The van der Waals surface area contributed by atoms with Crippen molar-refractivity contribution in [2.45, 2.75) is 6.92 Å². The molecular formula is C35H27Br2N2P. The van der Waals surface area contributed by atoms with Gasteiger partial charge in [-0.3, -0.25) is 0 Å². The van der Waals surface area contributed by atoms with Crippen molar-refractivity contribution in [2.75, 3.05) is 0 Å². The van der Waals surface area contributed by atoms with Gasteiger partial charge in [-0.1, -0.05) is 0 Å². The van der Waals surface area contributed by atoms with E-state index in [0.717, 1.165) is 32.7 Å². The predicted octanol–water partition coefficient (Wildman–Crippen LogP) is 8.35. The Bertz CT molecular complexity index is 1680. The Labute approximate surface area is 252 Å². The Hall–Kier alpha value is -3.43. The van der Waals surface area contributed by atoms with Crippen LogP contribution in [0.1, 0.15) is 5.56 Å². The van der Waals surface area contributed by atoms with Crippen molar-refractivity contribution < 1.29 is 0 Å². The van der Waals surface area contributed by atoms with Crippen molar-refractivity contribution in [2.24, 2.45) is 0 Å². The summed E-state index contributed by atoms with van der Waals surface area (Å²) in [5, 5.41) is 1.38. The van der Waals surface area contributed by atoms with Gasteiger partial charge in [0.1, 0.15) is 0 Å². The van der Waals surface area contributed by atoms with Crippen molar-refractivity contribution >= 4 is 57.9 Å². The van der Waals surface area contributed by atoms with Gasteiger partial charge in [0.25, 0.3) is 0 Å². The molecule has 196 valence electrons. The molecule has 0 atom stereocenters. The Morgan fingerprint density at radius 1 is 0.550 bits per heavy atom. The van der Waals surface area contributed by atoms with Crippen molar-refractivity contribution in [3.63, 3.8) is 0 Å². The number of rotatable bonds is 6. The third kappa shape index (κ3) is 4.36. The molecule has 0 aliphatic carbocycles. The minimum absolute atomic E-state index is 0.846. The molecule has 0 saturated carbocycles. The van der Waals surface area contributed by atoms with E-state index >= 15 is 0 Å². The van der Waals surface area contributed by atoms with E-state index in [1.165, 1.54) is 21.2 Å². The summed E-state index contributed by atoms with van der Waals surface area (Å²) in [4.78, 5) is 9.76. The second-order valence-electron chi connectivity index (χ2n) is 9.76. The van der Waals surface area contributed by atoms with Crippen LogP contribution in [0, 0.1) is 6.92 Å². The fraction of sp³-hybridized carbons (Fsp3) is 0.0286. The van der Waals surface area contributed by atoms with Crippen molar-refractivity contribution in [1.82, 2.24) is 9.97 Å². The van der Waals surface area contributed by atoms with Crippen molar-refractivity contribution in [3.8, 4) is 22.6 Å². The van der Waals surface area contributed by atoms with Crippen LogP contribution in [0.2, 0.25) is 0 Å². The van der Waals surface area contributed by atoms with Gasteiger partial charge in [0.05, 0.1) is 0 Å². The average Bonchev–Trinajstić information content (AvgIpc) is 3.03. The summed E-state index contributed by atoms with van der Waals surface area (Å²) in [5.41, 5.74) is 4.84. The monoisotopic (exact) mass is 664 g/mol. The van der Waals surface area contributed by atoms with Gasteiger partial charge in [0.2, 0.25) is 0 Å². The van der Waals surface area contributed by atoms with E-state index in [1.807, 2.05) is 30.5 Å². The van der Waals surface area contributed by atoms with Crippen LogP contribution in [0.5, 0.6) is 0 Å². The molecule has 0 fully saturated rings. The second kappa shape index (κ2) is 10.9. The molecule has 0 aliphatic rings. The molecule has 5 heteroatoms. The molecule has 0 bridgehead atoms. The van der Waals surface area contributed by atoms with E-state index in [0.29, 0.717) is 0 Å². The first-order chi connectivity index (χ1) is 19.5. The second-order valence-corrected chi connectivity index (χ2v) is 18.9. The summed E-state index contributed by atoms with van der Waals surface area (Å²) in [6.07, 6.45) is 1.81. The number of nitrogens with zero attached hydrogens (tertiary/aromatic N) is 2. The van der Waals surface area contributed by atoms with Gasteiger partial charge < -0.3 is 0 Å². The van der Waals surface area contributed by atoms with Crippen LogP contribution >= 0.6 is 36.7 Å². The molecule has 0 aliphatic heterocycles. The molecule has 0 spiro atoms. The summed E-state index contributed by atoms with van der Waals surface area (Å²) >= 11 is 8.57. The zero-order valence-electron chi connectivity index (χ0n) is 22.0. The van der Waals surface area contributed by atoms with E-state index in [-0.39, 0.29) is 0 Å². The summed E-state index contributed by atoms with van der Waals surface area (Å²) < 4.78 is 1.06. The van der Waals surface area contributed by atoms with E-state index < -0.39 is 5.31 Å². The van der Waals surface area contributed by atoms with Gasteiger partial charge in [-0.2, -0.15) is 0 Å². The van der Waals surface area contributed by atoms with E-state index in [9.17, 15) is 0 Å². The molecule has 0 radical (unpaired) electrons. The molecule has 6 aromatic rings. The summed E-state index contributed by atoms with van der Waals surface area (Å²) in [6, 6.07) is 49.2. The molecule has 2 aromatic heterocycles. The van der Waals surface area contributed by atoms with Crippen LogP contribution in [0.25, 0.3) is 22.6 Å². The van der Waals surface area contributed by atoms with Crippen LogP contribution in [0.4, 0.5) is 0 Å². The standard InChI is InChI=1S/C35H27Br2N2P/c1-26-24-30(32-21-13-22-34(39-32)33-20-11-12-23-38-33)35(25-31(26)36)40(37,27-14-5-2-6-15-27,28-16-7-3-8-17-28)29-18-9-4-10-19-29/h2-25H,1H3. The zero-order chi connectivity index (χ0) is 27.6. The number of hydrogen-bond acceptors (Lipinski definition) is 2. The fourth-order valence-electron chi connectivity index (χ4n) is 5.45. The molecular weight excluding hydrogens is 639 g/mol. The molecule has 0 saturated heterocycles. The van der Waals surface area contributed by atoms with E-state index in [4.69, 9.17) is 4.98 Å². The van der Waals surface area contributed by atoms with Gasteiger partial charge in [-0.05, 0) is 0 Å². The molecule has 2 heterocycles. The molecule has 40 heavy (non-hydrogen) atoms. The number of halogens is 2. The van der Waals surface area contributed by atoms with Gasteiger partial charge in [0.15, 0.2) is 0 Å². The van der Waals surface area contributed by atoms with Crippen LogP contribution in [-0.2, 0) is 0 Å². The van der Waals surface area contributed by atoms with Crippen molar-refractivity contribution in [1.29, 1.82) is 0 Å². The van der Waals surface area contributed by atoms with Crippen LogP contribution in [-0.4, -0.2) is 9.97 Å². The molecule has 4 aromatic carbocycles. The first kappa shape index (κ1) is 26.8. The number of benzene rings is 4. The van der Waals surface area contributed by atoms with Crippen molar-refractivity contribution in [3.05, 3.63) is 156 Å². The summed E-state index contributed by atoms with van der Waals surface area (Å²) in [7, 11) is 0. The predicted molar refractivity (Wildman–Crippen MR) is 179 cm³/mol. The number of pyridine rings is 2. The number of aryl methyl sites for hydroxylation is 1. The molecule has 0 amide bonds. The SMILES string of the molecule is Cc1cc(-c2cccc(-c3ccccn3)n2)c(P(Br)(c2ccccc2)(c2ccccc2)c2ccccc2)cc1Br. The maximum absolute atomic E-state index is 5.19. The normalized spacial score (nSPS) is 12.4. The molecule has 0 N–H and O–H groups in total. The molecule has 0 unspecified atom stereocenters. The summed E-state index contributed by atoms with van der Waals surface area (Å²) in [6.45, 7) is 2.14. The van der Waals surface area contributed by atoms with E-state index in [1.54, 1.807) is 0 Å². The summed E-state index contributed by atoms with van der Waals surface area (Å²) in [5.74, 6) is 0. The Kier molecular flexibility index (Phi) is 7.27. The first-order valence-electron chi connectivity index (χ1n) is 13.1. The van der Waals surface area contributed by atoms with Gasteiger partial charge >= 0.3 is 253 Å². The molecule has 6 rings (SSSR count). The number of aromatic nitrogens is 2. The Balaban J connectivity index is 1.78. The first-order valence-corrected chi connectivity index (χ1v) is 18.1. The van der Waals surface area contributed by atoms with E-state index in [2.05, 4.69) is 159 Å². The number of hydrogen-bond donors (Lipinski definition) is 0. The van der Waals surface area contributed by atoms with Gasteiger partial charge in [-0.15, -0.1) is 0 Å². The molecule has 2 nitrogen and oxygen atoms in total. The Morgan fingerprint density at radius 2 is 1.05 bits per heavy atom. The average molecular weight is 666 g/mol. The van der Waals surface area contributed by atoms with Crippen LogP contribution in [0.15, 0.2) is 150 Å². The minimum atomic E-state index is -3.49. The fourth-order valence-corrected chi connectivity index (χ4v) is 13.9.